The van der Waals surface area contributed by atoms with Gasteiger partial charge in [0.2, 0.25) is 0 Å². The number of benzene rings is 1. The molecular weight excluding hydrogens is 242 g/mol. The molecule has 4 heteroatoms. The second-order valence-electron chi connectivity index (χ2n) is 4.34. The number of thiazole rings is 1. The van der Waals surface area contributed by atoms with Gasteiger partial charge in [-0.25, -0.2) is 4.98 Å². The zero-order valence-electron chi connectivity index (χ0n) is 10.6. The predicted molar refractivity (Wildman–Crippen MR) is 73.2 cm³/mol. The number of nitrogens with zero attached hydrogens (tertiary/aromatic N) is 3. The van der Waals surface area contributed by atoms with E-state index in [1.807, 2.05) is 36.7 Å². The summed E-state index contributed by atoms with van der Waals surface area (Å²) in [6.07, 6.45) is 0. The Morgan fingerprint density at radius 1 is 1.28 bits per heavy atom. The van der Waals surface area contributed by atoms with E-state index in [4.69, 9.17) is 5.26 Å². The summed E-state index contributed by atoms with van der Waals surface area (Å²) in [7, 11) is 2.09. The van der Waals surface area contributed by atoms with Crippen molar-refractivity contribution < 1.29 is 0 Å². The van der Waals surface area contributed by atoms with Gasteiger partial charge in [-0.15, -0.1) is 11.3 Å². The highest BCUT2D eigenvalue weighted by Gasteiger charge is 2.06. The normalized spacial score (nSPS) is 10.6. The van der Waals surface area contributed by atoms with Crippen LogP contribution < -0.4 is 0 Å². The van der Waals surface area contributed by atoms with Gasteiger partial charge in [-0.1, -0.05) is 12.1 Å². The number of nitriles is 1. The molecular formula is C14H15N3S. The summed E-state index contributed by atoms with van der Waals surface area (Å²) in [6, 6.07) is 9.87. The summed E-state index contributed by atoms with van der Waals surface area (Å²) in [4.78, 5) is 7.82. The van der Waals surface area contributed by atoms with Crippen LogP contribution in [0.25, 0.3) is 0 Å². The van der Waals surface area contributed by atoms with Gasteiger partial charge in [0.1, 0.15) is 0 Å². The molecule has 0 spiro atoms. The third-order valence-electron chi connectivity index (χ3n) is 2.79. The van der Waals surface area contributed by atoms with Crippen molar-refractivity contribution in [3.63, 3.8) is 0 Å². The van der Waals surface area contributed by atoms with E-state index in [1.54, 1.807) is 11.3 Å². The van der Waals surface area contributed by atoms with Crippen LogP contribution in [0, 0.1) is 18.3 Å². The average Bonchev–Trinajstić information content (AvgIpc) is 2.76. The van der Waals surface area contributed by atoms with Crippen molar-refractivity contribution in [3.8, 4) is 6.07 Å². The summed E-state index contributed by atoms with van der Waals surface area (Å²) in [5, 5.41) is 8.75. The van der Waals surface area contributed by atoms with Gasteiger partial charge in [-0.3, -0.25) is 4.90 Å². The summed E-state index contributed by atoms with van der Waals surface area (Å²) in [5.74, 6) is 0. The van der Waals surface area contributed by atoms with Gasteiger partial charge in [0, 0.05) is 18.0 Å². The third-order valence-corrected chi connectivity index (χ3v) is 3.71. The lowest BCUT2D eigenvalue weighted by Gasteiger charge is -2.16. The maximum Gasteiger partial charge on any atom is 0.0991 e. The molecule has 0 N–H and O–H groups in total. The molecule has 0 aliphatic heterocycles. The standard InChI is InChI=1S/C14H15N3S/c1-11-14(18-10-16-11)9-17(2)8-13-5-3-12(7-15)4-6-13/h3-6,10H,8-9H2,1-2H3. The Bertz CT molecular complexity index is 551. The summed E-state index contributed by atoms with van der Waals surface area (Å²) in [6.45, 7) is 3.83. The van der Waals surface area contributed by atoms with E-state index in [0.717, 1.165) is 18.8 Å². The van der Waals surface area contributed by atoms with Crippen LogP contribution in [-0.2, 0) is 13.1 Å². The molecule has 1 heterocycles. The highest BCUT2D eigenvalue weighted by molar-refractivity contribution is 7.09. The summed E-state index contributed by atoms with van der Waals surface area (Å²) in [5.41, 5.74) is 4.94. The first kappa shape index (κ1) is 12.7. The molecule has 0 saturated carbocycles. The van der Waals surface area contributed by atoms with Crippen LogP contribution in [0.3, 0.4) is 0 Å². The molecule has 3 nitrogen and oxygen atoms in total. The first-order valence-electron chi connectivity index (χ1n) is 5.75. The lowest BCUT2D eigenvalue weighted by Crippen LogP contribution is -2.17. The number of aromatic nitrogens is 1. The Hall–Kier alpha value is -1.70. The number of hydrogen-bond donors (Lipinski definition) is 0. The topological polar surface area (TPSA) is 39.9 Å². The number of aryl methyl sites for hydroxylation is 1. The fourth-order valence-electron chi connectivity index (χ4n) is 1.78. The van der Waals surface area contributed by atoms with Crippen LogP contribution in [-0.4, -0.2) is 16.9 Å². The van der Waals surface area contributed by atoms with E-state index in [1.165, 1.54) is 10.4 Å². The molecule has 0 aliphatic carbocycles. The minimum atomic E-state index is 0.708. The van der Waals surface area contributed by atoms with E-state index < -0.39 is 0 Å². The second kappa shape index (κ2) is 5.76. The molecule has 0 fully saturated rings. The smallest absolute Gasteiger partial charge is 0.0991 e. The van der Waals surface area contributed by atoms with Crippen molar-refractivity contribution in [1.29, 1.82) is 5.26 Å². The molecule has 0 saturated heterocycles. The highest BCUT2D eigenvalue weighted by Crippen LogP contribution is 2.15. The lowest BCUT2D eigenvalue weighted by atomic mass is 10.1. The molecule has 0 amide bonds. The van der Waals surface area contributed by atoms with Crippen molar-refractivity contribution >= 4 is 11.3 Å². The second-order valence-corrected chi connectivity index (χ2v) is 5.28. The van der Waals surface area contributed by atoms with E-state index >= 15 is 0 Å². The zero-order valence-corrected chi connectivity index (χ0v) is 11.4. The Morgan fingerprint density at radius 2 is 2.00 bits per heavy atom. The Morgan fingerprint density at radius 3 is 2.56 bits per heavy atom. The summed E-state index contributed by atoms with van der Waals surface area (Å²) < 4.78 is 0. The fraction of sp³-hybridized carbons (Fsp3) is 0.286. The molecule has 92 valence electrons. The number of hydrogen-bond acceptors (Lipinski definition) is 4. The largest absolute Gasteiger partial charge is 0.297 e. The van der Waals surface area contributed by atoms with Crippen LogP contribution >= 0.6 is 11.3 Å². The van der Waals surface area contributed by atoms with Crippen molar-refractivity contribution in [1.82, 2.24) is 9.88 Å². The SMILES string of the molecule is Cc1ncsc1CN(C)Cc1ccc(C#N)cc1. The Kier molecular flexibility index (Phi) is 4.08. The van der Waals surface area contributed by atoms with Gasteiger partial charge in [0.05, 0.1) is 22.8 Å². The molecule has 0 bridgehead atoms. The average molecular weight is 257 g/mol. The van der Waals surface area contributed by atoms with Crippen LogP contribution in [0.15, 0.2) is 29.8 Å². The summed E-state index contributed by atoms with van der Waals surface area (Å²) >= 11 is 1.70. The molecule has 1 aromatic carbocycles. The minimum Gasteiger partial charge on any atom is -0.297 e. The van der Waals surface area contributed by atoms with Crippen LogP contribution in [0.1, 0.15) is 21.7 Å². The van der Waals surface area contributed by atoms with Crippen LogP contribution in [0.2, 0.25) is 0 Å². The van der Waals surface area contributed by atoms with E-state index in [9.17, 15) is 0 Å². The molecule has 2 rings (SSSR count). The van der Waals surface area contributed by atoms with Gasteiger partial charge in [0.25, 0.3) is 0 Å². The number of rotatable bonds is 4. The van der Waals surface area contributed by atoms with Gasteiger partial charge in [-0.2, -0.15) is 5.26 Å². The third kappa shape index (κ3) is 3.16. The Labute approximate surface area is 111 Å². The quantitative estimate of drug-likeness (QED) is 0.845. The van der Waals surface area contributed by atoms with Crippen molar-refractivity contribution in [2.75, 3.05) is 7.05 Å². The fourth-order valence-corrected chi connectivity index (χ4v) is 2.63. The molecule has 18 heavy (non-hydrogen) atoms. The minimum absolute atomic E-state index is 0.708. The van der Waals surface area contributed by atoms with Crippen LogP contribution in [0.4, 0.5) is 0 Å². The maximum atomic E-state index is 8.75. The predicted octanol–water partition coefficient (Wildman–Crippen LogP) is 2.96. The van der Waals surface area contributed by atoms with Gasteiger partial charge in [-0.05, 0) is 31.7 Å². The zero-order chi connectivity index (χ0) is 13.0. The van der Waals surface area contributed by atoms with E-state index in [0.29, 0.717) is 5.56 Å². The first-order valence-corrected chi connectivity index (χ1v) is 6.63. The molecule has 2 aromatic rings. The Balaban J connectivity index is 1.97. The first-order chi connectivity index (χ1) is 8.69. The molecule has 0 aliphatic rings. The van der Waals surface area contributed by atoms with Crippen molar-refractivity contribution in [2.45, 2.75) is 20.0 Å². The van der Waals surface area contributed by atoms with Crippen LogP contribution in [0.5, 0.6) is 0 Å². The van der Waals surface area contributed by atoms with Gasteiger partial charge >= 0.3 is 0 Å². The molecule has 0 unspecified atom stereocenters. The monoisotopic (exact) mass is 257 g/mol. The molecule has 1 aromatic heterocycles. The van der Waals surface area contributed by atoms with Gasteiger partial charge in [0.15, 0.2) is 0 Å². The molecule has 0 atom stereocenters. The highest BCUT2D eigenvalue weighted by atomic mass is 32.1. The maximum absolute atomic E-state index is 8.75. The van der Waals surface area contributed by atoms with Gasteiger partial charge < -0.3 is 0 Å². The van der Waals surface area contributed by atoms with E-state index in [2.05, 4.69) is 23.0 Å². The van der Waals surface area contributed by atoms with Crippen molar-refractivity contribution in [2.24, 2.45) is 0 Å². The lowest BCUT2D eigenvalue weighted by molar-refractivity contribution is 0.321. The van der Waals surface area contributed by atoms with Crippen molar-refractivity contribution in [3.05, 3.63) is 51.5 Å². The van der Waals surface area contributed by atoms with E-state index in [-0.39, 0.29) is 0 Å². The molecule has 0 radical (unpaired) electrons.